The monoisotopic (exact) mass is 595 g/mol. The number of amides is 3. The summed E-state index contributed by atoms with van der Waals surface area (Å²) in [6, 6.07) is 10.3. The summed E-state index contributed by atoms with van der Waals surface area (Å²) >= 11 is 0. The molecule has 14 nitrogen and oxygen atoms in total. The summed E-state index contributed by atoms with van der Waals surface area (Å²) in [7, 11) is 0. The fourth-order valence-corrected chi connectivity index (χ4v) is 4.43. The third-order valence-corrected chi connectivity index (χ3v) is 6.64. The summed E-state index contributed by atoms with van der Waals surface area (Å²) in [6.45, 7) is 0. The molecule has 4 atom stereocenters. The minimum Gasteiger partial charge on any atom is -0.481 e. The first-order chi connectivity index (χ1) is 20.4. The summed E-state index contributed by atoms with van der Waals surface area (Å²) in [5.74, 6) is -6.91. The second-order valence-corrected chi connectivity index (χ2v) is 9.91. The van der Waals surface area contributed by atoms with Gasteiger partial charge in [-0.15, -0.1) is 0 Å². The van der Waals surface area contributed by atoms with Gasteiger partial charge in [-0.2, -0.15) is 0 Å². The number of nitrogens with one attached hydrogen (secondary N) is 4. The average molecular weight is 596 g/mol. The largest absolute Gasteiger partial charge is 0.481 e. The van der Waals surface area contributed by atoms with Gasteiger partial charge >= 0.3 is 17.9 Å². The molecular weight excluding hydrogens is 562 g/mol. The highest BCUT2D eigenvalue weighted by Crippen LogP contribution is 2.19. The molecular formula is C29H33N5O9. The Morgan fingerprint density at radius 3 is 1.98 bits per heavy atom. The maximum absolute atomic E-state index is 13.4. The summed E-state index contributed by atoms with van der Waals surface area (Å²) in [4.78, 5) is 76.6. The molecule has 3 rings (SSSR count). The topological polar surface area (TPSA) is 241 Å². The molecule has 1 heterocycles. The lowest BCUT2D eigenvalue weighted by molar-refractivity contribution is -0.147. The second-order valence-electron chi connectivity index (χ2n) is 9.91. The van der Waals surface area contributed by atoms with Crippen molar-refractivity contribution in [1.82, 2.24) is 20.9 Å². The van der Waals surface area contributed by atoms with E-state index in [0.717, 1.165) is 16.5 Å². The molecule has 0 bridgehead atoms. The van der Waals surface area contributed by atoms with Crippen LogP contribution in [0.3, 0.4) is 0 Å². The number of carboxylic acid groups (broad SMARTS) is 3. The zero-order valence-corrected chi connectivity index (χ0v) is 23.0. The Bertz CT molecular complexity index is 1470. The quantitative estimate of drug-likeness (QED) is 0.111. The van der Waals surface area contributed by atoms with E-state index in [1.807, 2.05) is 0 Å². The van der Waals surface area contributed by atoms with E-state index in [4.69, 9.17) is 10.8 Å². The number of H-pyrrole nitrogens is 1. The van der Waals surface area contributed by atoms with Gasteiger partial charge in [0, 0.05) is 29.9 Å². The Hall–Kier alpha value is -5.24. The van der Waals surface area contributed by atoms with Crippen LogP contribution in [-0.4, -0.2) is 80.1 Å². The van der Waals surface area contributed by atoms with Gasteiger partial charge in [-0.05, 0) is 30.0 Å². The van der Waals surface area contributed by atoms with Gasteiger partial charge in [0.05, 0.1) is 12.5 Å². The number of aromatic amines is 1. The summed E-state index contributed by atoms with van der Waals surface area (Å²) in [6.07, 6.45) is -0.130. The molecule has 0 spiro atoms. The van der Waals surface area contributed by atoms with Gasteiger partial charge in [0.25, 0.3) is 0 Å². The maximum Gasteiger partial charge on any atom is 0.326 e. The molecule has 0 aliphatic carbocycles. The number of carbonyl (C=O) groups excluding carboxylic acids is 3. The lowest BCUT2D eigenvalue weighted by atomic mass is 10.0. The van der Waals surface area contributed by atoms with Gasteiger partial charge in [0.1, 0.15) is 18.1 Å². The number of fused-ring (bicyclic) bond motifs is 1. The van der Waals surface area contributed by atoms with Gasteiger partial charge in [0.2, 0.25) is 17.7 Å². The number of nitrogens with two attached hydrogens (primary N) is 1. The molecule has 3 amide bonds. The van der Waals surface area contributed by atoms with E-state index in [0.29, 0.717) is 5.56 Å². The van der Waals surface area contributed by atoms with Crippen molar-refractivity contribution in [2.75, 3.05) is 0 Å². The molecule has 1 aromatic heterocycles. The summed E-state index contributed by atoms with van der Waals surface area (Å²) in [5.41, 5.74) is 8.12. The van der Waals surface area contributed by atoms with Crippen LogP contribution in [0.25, 0.3) is 10.9 Å². The van der Waals surface area contributed by atoms with Gasteiger partial charge in [0.15, 0.2) is 0 Å². The number of carboxylic acids is 3. The third-order valence-electron chi connectivity index (χ3n) is 6.64. The number of rotatable bonds is 16. The van der Waals surface area contributed by atoms with Crippen molar-refractivity contribution in [3.05, 3.63) is 71.9 Å². The van der Waals surface area contributed by atoms with Crippen molar-refractivity contribution in [2.45, 2.75) is 56.3 Å². The van der Waals surface area contributed by atoms with E-state index >= 15 is 0 Å². The average Bonchev–Trinajstić information content (AvgIpc) is 3.37. The molecule has 0 aliphatic rings. The summed E-state index contributed by atoms with van der Waals surface area (Å²) in [5, 5.41) is 35.5. The number of aliphatic carboxylic acids is 3. The number of carbonyl (C=O) groups is 6. The number of hydrogen-bond acceptors (Lipinski definition) is 7. The van der Waals surface area contributed by atoms with E-state index in [2.05, 4.69) is 20.9 Å². The molecule has 0 aliphatic heterocycles. The highest BCUT2D eigenvalue weighted by Gasteiger charge is 2.32. The molecule has 0 saturated heterocycles. The Balaban J connectivity index is 1.84. The number of para-hydroxylation sites is 1. The Labute approximate surface area is 245 Å². The number of benzene rings is 2. The van der Waals surface area contributed by atoms with Crippen LogP contribution < -0.4 is 21.7 Å². The van der Waals surface area contributed by atoms with Crippen LogP contribution in [0.4, 0.5) is 0 Å². The van der Waals surface area contributed by atoms with Crippen molar-refractivity contribution in [3.63, 3.8) is 0 Å². The molecule has 0 radical (unpaired) electrons. The van der Waals surface area contributed by atoms with Gasteiger partial charge < -0.3 is 42.0 Å². The molecule has 0 saturated carbocycles. The lowest BCUT2D eigenvalue weighted by Crippen LogP contribution is -2.58. The lowest BCUT2D eigenvalue weighted by Gasteiger charge is -2.25. The molecule has 228 valence electrons. The standard InChI is InChI=1S/C29H33N5O9/c30-19(12-16-6-2-1-3-7-16)26(39)32-21(10-11-24(35)36)27(40)33-22(28(41)34-23(29(42)43)14-25(37)38)13-17-15-31-20-9-5-4-8-18(17)20/h1-9,15,19,21-23,31H,10-14,30H2,(H,32,39)(H,33,40)(H,34,41)(H,35,36)(H,37,38)(H,42,43). The van der Waals surface area contributed by atoms with Crippen LogP contribution in [0.1, 0.15) is 30.4 Å². The van der Waals surface area contributed by atoms with E-state index < -0.39 is 72.6 Å². The van der Waals surface area contributed by atoms with E-state index in [1.54, 1.807) is 60.8 Å². The van der Waals surface area contributed by atoms with Crippen LogP contribution in [0.15, 0.2) is 60.8 Å². The Morgan fingerprint density at radius 2 is 1.33 bits per heavy atom. The fraction of sp³-hybridized carbons (Fsp3) is 0.310. The predicted octanol–water partition coefficient (Wildman–Crippen LogP) is 0.159. The van der Waals surface area contributed by atoms with Crippen LogP contribution in [-0.2, 0) is 41.6 Å². The third kappa shape index (κ3) is 9.67. The zero-order valence-electron chi connectivity index (χ0n) is 23.0. The molecule has 3 aromatic rings. The normalized spacial score (nSPS) is 13.7. The minimum absolute atomic E-state index is 0.145. The Morgan fingerprint density at radius 1 is 0.721 bits per heavy atom. The summed E-state index contributed by atoms with van der Waals surface area (Å²) < 4.78 is 0. The highest BCUT2D eigenvalue weighted by atomic mass is 16.4. The van der Waals surface area contributed by atoms with Crippen LogP contribution in [0.5, 0.6) is 0 Å². The molecule has 9 N–H and O–H groups in total. The van der Waals surface area contributed by atoms with Crippen molar-refractivity contribution in [1.29, 1.82) is 0 Å². The van der Waals surface area contributed by atoms with E-state index in [-0.39, 0.29) is 19.3 Å². The fourth-order valence-electron chi connectivity index (χ4n) is 4.43. The van der Waals surface area contributed by atoms with Gasteiger partial charge in [-0.25, -0.2) is 4.79 Å². The molecule has 4 unspecified atom stereocenters. The smallest absolute Gasteiger partial charge is 0.326 e. The zero-order chi connectivity index (χ0) is 31.5. The highest BCUT2D eigenvalue weighted by molar-refractivity contribution is 5.95. The second kappa shape index (κ2) is 15.1. The van der Waals surface area contributed by atoms with Gasteiger partial charge in [-0.3, -0.25) is 24.0 Å². The number of hydrogen-bond donors (Lipinski definition) is 8. The Kier molecular flexibility index (Phi) is 11.3. The van der Waals surface area contributed by atoms with E-state index in [1.165, 1.54) is 0 Å². The van der Waals surface area contributed by atoms with E-state index in [9.17, 15) is 39.0 Å². The minimum atomic E-state index is -1.79. The first-order valence-corrected chi connectivity index (χ1v) is 13.4. The molecule has 43 heavy (non-hydrogen) atoms. The molecule has 14 heteroatoms. The van der Waals surface area contributed by atoms with Crippen LogP contribution in [0, 0.1) is 0 Å². The first kappa shape index (κ1) is 32.3. The SMILES string of the molecule is NC(Cc1ccccc1)C(=O)NC(CCC(=O)O)C(=O)NC(Cc1c[nH]c2ccccc12)C(=O)NC(CC(=O)O)C(=O)O. The van der Waals surface area contributed by atoms with Crippen LogP contribution in [0.2, 0.25) is 0 Å². The van der Waals surface area contributed by atoms with Crippen molar-refractivity contribution >= 4 is 46.5 Å². The predicted molar refractivity (Wildman–Crippen MR) is 153 cm³/mol. The maximum atomic E-state index is 13.4. The van der Waals surface area contributed by atoms with Crippen LogP contribution >= 0.6 is 0 Å². The van der Waals surface area contributed by atoms with Gasteiger partial charge in [-0.1, -0.05) is 48.5 Å². The molecule has 2 aromatic carbocycles. The van der Waals surface area contributed by atoms with Crippen molar-refractivity contribution in [3.8, 4) is 0 Å². The molecule has 0 fully saturated rings. The van der Waals surface area contributed by atoms with Crippen molar-refractivity contribution < 1.29 is 44.1 Å². The number of aromatic nitrogens is 1. The first-order valence-electron chi connectivity index (χ1n) is 13.4. The van der Waals surface area contributed by atoms with Crippen molar-refractivity contribution in [2.24, 2.45) is 5.73 Å².